The monoisotopic (exact) mass is 485 g/mol. The average molecular weight is 486 g/mol. The first-order valence-corrected chi connectivity index (χ1v) is 11.9. The van der Waals surface area contributed by atoms with E-state index in [0.29, 0.717) is 23.8 Å². The lowest BCUT2D eigenvalue weighted by Gasteiger charge is -2.26. The summed E-state index contributed by atoms with van der Waals surface area (Å²) in [6, 6.07) is 17.4. The predicted molar refractivity (Wildman–Crippen MR) is 140 cm³/mol. The highest BCUT2D eigenvalue weighted by Gasteiger charge is 2.46. The normalized spacial score (nSPS) is 17.0. The molecule has 1 atom stereocenters. The van der Waals surface area contributed by atoms with Gasteiger partial charge in [-0.25, -0.2) is 0 Å². The largest absolute Gasteiger partial charge is 0.507 e. The summed E-state index contributed by atoms with van der Waals surface area (Å²) >= 11 is 0. The Morgan fingerprint density at radius 3 is 2.33 bits per heavy atom. The zero-order valence-electron chi connectivity index (χ0n) is 21.0. The summed E-state index contributed by atoms with van der Waals surface area (Å²) in [7, 11) is 3.88. The van der Waals surface area contributed by atoms with Gasteiger partial charge in [-0.15, -0.1) is 0 Å². The Morgan fingerprint density at radius 2 is 1.75 bits per heavy atom. The number of aromatic nitrogens is 1. The number of ether oxygens (including phenoxy) is 1. The minimum atomic E-state index is -0.738. The number of aliphatic hydroxyl groups excluding tert-OH is 1. The third-order valence-electron chi connectivity index (χ3n) is 6.05. The number of amides is 1. The van der Waals surface area contributed by atoms with Gasteiger partial charge in [0.1, 0.15) is 11.5 Å². The number of pyridine rings is 1. The first-order valence-electron chi connectivity index (χ1n) is 11.9. The summed E-state index contributed by atoms with van der Waals surface area (Å²) in [4.78, 5) is 34.1. The molecule has 1 amide bonds. The van der Waals surface area contributed by atoms with E-state index in [2.05, 4.69) is 18.8 Å². The summed E-state index contributed by atoms with van der Waals surface area (Å²) in [5.74, 6) is -0.516. The molecule has 7 heteroatoms. The van der Waals surface area contributed by atoms with Gasteiger partial charge < -0.3 is 19.6 Å². The highest BCUT2D eigenvalue weighted by molar-refractivity contribution is 6.46. The first-order chi connectivity index (χ1) is 17.3. The molecule has 7 nitrogen and oxygen atoms in total. The Kier molecular flexibility index (Phi) is 7.38. The van der Waals surface area contributed by atoms with Crippen molar-refractivity contribution in [3.05, 3.63) is 95.3 Å². The number of ketones is 1. The van der Waals surface area contributed by atoms with E-state index in [1.807, 2.05) is 49.3 Å². The van der Waals surface area contributed by atoms with Crippen molar-refractivity contribution in [2.24, 2.45) is 5.92 Å². The maximum absolute atomic E-state index is 13.3. The zero-order chi connectivity index (χ0) is 25.8. The Hall–Kier alpha value is -4.13. The van der Waals surface area contributed by atoms with E-state index in [0.717, 1.165) is 16.8 Å². The van der Waals surface area contributed by atoms with Crippen LogP contribution in [0.5, 0.6) is 5.75 Å². The van der Waals surface area contributed by atoms with E-state index in [1.165, 1.54) is 4.90 Å². The lowest BCUT2D eigenvalue weighted by atomic mass is 9.95. The van der Waals surface area contributed by atoms with Gasteiger partial charge in [0.25, 0.3) is 11.7 Å². The number of hydrogen-bond acceptors (Lipinski definition) is 6. The summed E-state index contributed by atoms with van der Waals surface area (Å²) in [5, 5.41) is 11.3. The summed E-state index contributed by atoms with van der Waals surface area (Å²) < 4.78 is 5.73. The van der Waals surface area contributed by atoms with E-state index < -0.39 is 17.7 Å². The molecule has 0 radical (unpaired) electrons. The first kappa shape index (κ1) is 25.0. The molecule has 1 N–H and O–H groups in total. The summed E-state index contributed by atoms with van der Waals surface area (Å²) in [6.07, 6.45) is 3.32. The lowest BCUT2D eigenvalue weighted by molar-refractivity contribution is -0.140. The quantitative estimate of drug-likeness (QED) is 0.280. The van der Waals surface area contributed by atoms with Crippen LogP contribution in [0.4, 0.5) is 5.69 Å². The second-order valence-electron chi connectivity index (χ2n) is 9.50. The minimum absolute atomic E-state index is 0.0670. The number of likely N-dealkylation sites (tertiary alicyclic amines) is 1. The van der Waals surface area contributed by atoms with Crippen LogP contribution in [0, 0.1) is 5.92 Å². The van der Waals surface area contributed by atoms with Crippen LogP contribution >= 0.6 is 0 Å². The summed E-state index contributed by atoms with van der Waals surface area (Å²) in [6.45, 7) is 4.90. The van der Waals surface area contributed by atoms with Gasteiger partial charge in [-0.05, 0) is 59.5 Å². The third-order valence-corrected chi connectivity index (χ3v) is 6.05. The number of nitrogens with zero attached hydrogens (tertiary/aromatic N) is 3. The Labute approximate surface area is 211 Å². The molecule has 1 fully saturated rings. The number of carbonyl (C=O) groups excluding carboxylic acids is 2. The molecular weight excluding hydrogens is 454 g/mol. The van der Waals surface area contributed by atoms with Gasteiger partial charge in [0.15, 0.2) is 0 Å². The molecular formula is C29H31N3O4. The van der Waals surface area contributed by atoms with Crippen molar-refractivity contribution in [3.8, 4) is 5.75 Å². The molecule has 0 saturated carbocycles. The Morgan fingerprint density at radius 1 is 1.06 bits per heavy atom. The number of Topliss-reactive ketones (excluding diaryl/α,β-unsaturated/α-hetero) is 1. The number of benzene rings is 2. The maximum atomic E-state index is 13.3. The lowest BCUT2D eigenvalue weighted by Crippen LogP contribution is -2.29. The van der Waals surface area contributed by atoms with Crippen molar-refractivity contribution >= 4 is 23.1 Å². The van der Waals surface area contributed by atoms with Gasteiger partial charge in [0.05, 0.1) is 18.2 Å². The molecule has 2 heterocycles. The van der Waals surface area contributed by atoms with Crippen molar-refractivity contribution in [3.63, 3.8) is 0 Å². The van der Waals surface area contributed by atoms with Crippen LogP contribution in [0.2, 0.25) is 0 Å². The van der Waals surface area contributed by atoms with Crippen LogP contribution in [0.1, 0.15) is 36.6 Å². The molecule has 0 aliphatic carbocycles. The second-order valence-corrected chi connectivity index (χ2v) is 9.50. The van der Waals surface area contributed by atoms with E-state index in [9.17, 15) is 14.7 Å². The maximum Gasteiger partial charge on any atom is 0.295 e. The highest BCUT2D eigenvalue weighted by Crippen LogP contribution is 2.40. The van der Waals surface area contributed by atoms with Gasteiger partial charge in [0, 0.05) is 44.3 Å². The molecule has 2 aromatic carbocycles. The Bertz CT molecular complexity index is 1250. The predicted octanol–water partition coefficient (Wildman–Crippen LogP) is 4.80. The third kappa shape index (κ3) is 5.25. The standard InChI is InChI=1S/C29H31N3O4/c1-19(2)18-36-24-13-9-22(10-14-24)27(33)25-26(21-7-11-23(12-8-21)31(3)4)32(29(35)28(25)34)17-20-6-5-15-30-16-20/h5-16,19,26,33H,17-18H2,1-4H3/b27-25-. The van der Waals surface area contributed by atoms with E-state index >= 15 is 0 Å². The fourth-order valence-electron chi connectivity index (χ4n) is 4.16. The number of carbonyl (C=O) groups is 2. The zero-order valence-corrected chi connectivity index (χ0v) is 21.0. The molecule has 1 aliphatic rings. The highest BCUT2D eigenvalue weighted by atomic mass is 16.5. The van der Waals surface area contributed by atoms with Crippen LogP contribution in [0.25, 0.3) is 5.76 Å². The molecule has 0 spiro atoms. The molecule has 0 bridgehead atoms. The number of hydrogen-bond donors (Lipinski definition) is 1. The topological polar surface area (TPSA) is 83.0 Å². The number of rotatable bonds is 8. The smallest absolute Gasteiger partial charge is 0.295 e. The van der Waals surface area contributed by atoms with Crippen molar-refractivity contribution in [1.29, 1.82) is 0 Å². The molecule has 4 rings (SSSR count). The van der Waals surface area contributed by atoms with Crippen molar-refractivity contribution < 1.29 is 19.4 Å². The molecule has 1 saturated heterocycles. The molecule has 1 unspecified atom stereocenters. The van der Waals surface area contributed by atoms with Gasteiger partial charge in [-0.1, -0.05) is 32.0 Å². The van der Waals surface area contributed by atoms with E-state index in [1.54, 1.807) is 42.7 Å². The van der Waals surface area contributed by atoms with Gasteiger partial charge in [-0.3, -0.25) is 14.6 Å². The minimum Gasteiger partial charge on any atom is -0.507 e. The fourth-order valence-corrected chi connectivity index (χ4v) is 4.16. The number of aliphatic hydroxyl groups is 1. The van der Waals surface area contributed by atoms with Crippen molar-refractivity contribution in [1.82, 2.24) is 9.88 Å². The van der Waals surface area contributed by atoms with Gasteiger partial charge in [-0.2, -0.15) is 0 Å². The van der Waals surface area contributed by atoms with Crippen LogP contribution in [-0.4, -0.2) is 47.4 Å². The number of anilines is 1. The molecule has 36 heavy (non-hydrogen) atoms. The second kappa shape index (κ2) is 10.6. The van der Waals surface area contributed by atoms with Crippen LogP contribution in [0.3, 0.4) is 0 Å². The average Bonchev–Trinajstić information content (AvgIpc) is 3.13. The van der Waals surface area contributed by atoms with Gasteiger partial charge >= 0.3 is 0 Å². The van der Waals surface area contributed by atoms with Crippen molar-refractivity contribution in [2.45, 2.75) is 26.4 Å². The Balaban J connectivity index is 1.76. The molecule has 186 valence electrons. The van der Waals surface area contributed by atoms with Gasteiger partial charge in [0.2, 0.25) is 0 Å². The molecule has 1 aromatic heterocycles. The summed E-state index contributed by atoms with van der Waals surface area (Å²) in [5.41, 5.74) is 3.03. The van der Waals surface area contributed by atoms with E-state index in [4.69, 9.17) is 4.74 Å². The van der Waals surface area contributed by atoms with E-state index in [-0.39, 0.29) is 17.9 Å². The fraction of sp³-hybridized carbons (Fsp3) is 0.276. The molecule has 1 aliphatic heterocycles. The van der Waals surface area contributed by atoms with Crippen LogP contribution in [-0.2, 0) is 16.1 Å². The van der Waals surface area contributed by atoms with Crippen LogP contribution in [0.15, 0.2) is 78.6 Å². The van der Waals surface area contributed by atoms with Crippen LogP contribution < -0.4 is 9.64 Å². The van der Waals surface area contributed by atoms with Crippen molar-refractivity contribution in [2.75, 3.05) is 25.6 Å². The SMILES string of the molecule is CC(C)COc1ccc(/C(O)=C2/C(=O)C(=O)N(Cc3cccnc3)C2c2ccc(N(C)C)cc2)cc1. The molecule has 3 aromatic rings.